The van der Waals surface area contributed by atoms with E-state index < -0.39 is 15.5 Å². The highest BCUT2D eigenvalue weighted by molar-refractivity contribution is 7.89. The molecule has 3 aromatic rings. The summed E-state index contributed by atoms with van der Waals surface area (Å²) in [5, 5.41) is 14.5. The van der Waals surface area contributed by atoms with Gasteiger partial charge in [-0.25, -0.2) is 23.3 Å². The van der Waals surface area contributed by atoms with Crippen LogP contribution in [0.4, 0.5) is 0 Å². The first-order valence-corrected chi connectivity index (χ1v) is 9.55. The maximum atomic E-state index is 11.9. The zero-order valence-electron chi connectivity index (χ0n) is 13.5. The summed E-state index contributed by atoms with van der Waals surface area (Å²) >= 11 is 0. The first kappa shape index (κ1) is 15.7. The molecule has 0 radical (unpaired) electrons. The van der Waals surface area contributed by atoms with Crippen LogP contribution in [0.5, 0.6) is 0 Å². The third-order valence-electron chi connectivity index (χ3n) is 4.54. The molecular formula is C15H16N8OS. The lowest BCUT2D eigenvalue weighted by molar-refractivity contribution is 0.0751. The van der Waals surface area contributed by atoms with Crippen molar-refractivity contribution >= 4 is 20.9 Å². The van der Waals surface area contributed by atoms with Crippen molar-refractivity contribution in [3.63, 3.8) is 0 Å². The molecule has 10 heteroatoms. The molecule has 1 saturated heterocycles. The van der Waals surface area contributed by atoms with Gasteiger partial charge in [-0.05, 0) is 6.07 Å². The minimum absolute atomic E-state index is 0.240. The van der Waals surface area contributed by atoms with Gasteiger partial charge in [0.1, 0.15) is 27.4 Å². The maximum absolute atomic E-state index is 11.9. The van der Waals surface area contributed by atoms with E-state index in [0.717, 1.165) is 22.3 Å². The molecule has 0 aliphatic carbocycles. The van der Waals surface area contributed by atoms with Gasteiger partial charge in [-0.3, -0.25) is 4.68 Å². The highest BCUT2D eigenvalue weighted by atomic mass is 32.2. The Bertz CT molecular complexity index is 1080. The van der Waals surface area contributed by atoms with E-state index in [9.17, 15) is 9.47 Å². The molecule has 1 aliphatic rings. The van der Waals surface area contributed by atoms with E-state index in [0.29, 0.717) is 13.1 Å². The quantitative estimate of drug-likeness (QED) is 0.729. The smallest absolute Gasteiger partial charge is 0.141 e. The summed E-state index contributed by atoms with van der Waals surface area (Å²) in [5.74, 6) is 0. The summed E-state index contributed by atoms with van der Waals surface area (Å²) in [4.78, 5) is 11.6. The van der Waals surface area contributed by atoms with Crippen LogP contribution in [0.15, 0.2) is 31.0 Å². The minimum atomic E-state index is -2.77. The van der Waals surface area contributed by atoms with Gasteiger partial charge >= 0.3 is 0 Å². The monoisotopic (exact) mass is 356 g/mol. The van der Waals surface area contributed by atoms with Crippen molar-refractivity contribution < 1.29 is 4.21 Å². The van der Waals surface area contributed by atoms with Gasteiger partial charge in [0.05, 0.1) is 24.4 Å². The second-order valence-corrected chi connectivity index (χ2v) is 8.42. The van der Waals surface area contributed by atoms with Crippen molar-refractivity contribution in [1.82, 2.24) is 29.0 Å². The number of nitrogens with one attached hydrogen (secondary N) is 2. The van der Waals surface area contributed by atoms with Crippen molar-refractivity contribution in [2.45, 2.75) is 12.0 Å². The Hall–Kier alpha value is -2.77. The molecule has 9 nitrogen and oxygen atoms in total. The largest absolute Gasteiger partial charge is 0.346 e. The van der Waals surface area contributed by atoms with E-state index in [1.54, 1.807) is 21.4 Å². The van der Waals surface area contributed by atoms with Crippen LogP contribution in [0.1, 0.15) is 6.42 Å². The normalized spacial score (nSPS) is 19.2. The summed E-state index contributed by atoms with van der Waals surface area (Å²) in [6.45, 7) is 0.730. The fraction of sp³-hybridized carbons (Fsp3) is 0.333. The third kappa shape index (κ3) is 2.48. The molecule has 4 rings (SSSR count). The van der Waals surface area contributed by atoms with Crippen LogP contribution < -0.4 is 0 Å². The zero-order valence-corrected chi connectivity index (χ0v) is 14.3. The highest BCUT2D eigenvalue weighted by Gasteiger charge is 2.48. The Labute approximate surface area is 144 Å². The van der Waals surface area contributed by atoms with Crippen LogP contribution >= 0.6 is 0 Å². The van der Waals surface area contributed by atoms with E-state index in [-0.39, 0.29) is 6.42 Å². The van der Waals surface area contributed by atoms with Crippen LogP contribution in [0.3, 0.4) is 0 Å². The number of rotatable bonds is 4. The first-order valence-electron chi connectivity index (χ1n) is 7.62. The van der Waals surface area contributed by atoms with Crippen molar-refractivity contribution in [2.75, 3.05) is 19.3 Å². The molecule has 1 aliphatic heterocycles. The number of nitriles is 1. The van der Waals surface area contributed by atoms with Crippen LogP contribution in [0, 0.1) is 16.1 Å². The Balaban J connectivity index is 1.71. The average Bonchev–Trinajstić information content (AvgIpc) is 3.17. The number of aromatic amines is 1. The molecule has 1 atom stereocenters. The maximum Gasteiger partial charge on any atom is 0.141 e. The number of aromatic nitrogens is 5. The third-order valence-corrected chi connectivity index (χ3v) is 5.78. The molecule has 0 bridgehead atoms. The van der Waals surface area contributed by atoms with Gasteiger partial charge in [0, 0.05) is 42.7 Å². The molecule has 0 unspecified atom stereocenters. The second-order valence-electron chi connectivity index (χ2n) is 6.30. The standard InChI is InChI=1S/C15H16N8OS/c1-25(17,24)22-8-15(9-22,3-4-16)23-7-11(6-21-23)13-12-2-5-18-14(12)20-10-19-13/h2,5-7,10,17H,3,8-9H2,1H3,(H,18,19,20)/t25-/m0/s1. The SMILES string of the molecule is C[S@@](=N)(=O)N1CC(CC#N)(n2cc(-c3ncnc4[nH]ccc34)cn2)C1. The Morgan fingerprint density at radius 1 is 1.48 bits per heavy atom. The zero-order chi connectivity index (χ0) is 17.7. The molecule has 1 fully saturated rings. The summed E-state index contributed by atoms with van der Waals surface area (Å²) < 4.78 is 22.9. The van der Waals surface area contributed by atoms with Crippen molar-refractivity contribution in [1.29, 1.82) is 10.0 Å². The van der Waals surface area contributed by atoms with Crippen LogP contribution in [0.2, 0.25) is 0 Å². The van der Waals surface area contributed by atoms with Gasteiger partial charge in [0.15, 0.2) is 0 Å². The summed E-state index contributed by atoms with van der Waals surface area (Å²) in [7, 11) is -2.77. The van der Waals surface area contributed by atoms with Crippen molar-refractivity contribution in [3.05, 3.63) is 31.0 Å². The second kappa shape index (κ2) is 5.37. The molecule has 3 aromatic heterocycles. The van der Waals surface area contributed by atoms with Crippen molar-refractivity contribution in [2.24, 2.45) is 0 Å². The van der Waals surface area contributed by atoms with E-state index in [1.807, 2.05) is 12.3 Å². The molecule has 4 heterocycles. The van der Waals surface area contributed by atoms with Gasteiger partial charge in [0.2, 0.25) is 0 Å². The van der Waals surface area contributed by atoms with Crippen LogP contribution in [0.25, 0.3) is 22.3 Å². The van der Waals surface area contributed by atoms with Gasteiger partial charge in [-0.1, -0.05) is 0 Å². The predicted molar refractivity (Wildman–Crippen MR) is 91.7 cm³/mol. The summed E-state index contributed by atoms with van der Waals surface area (Å²) in [6.07, 6.45) is 8.49. The number of fused-ring (bicyclic) bond motifs is 1. The van der Waals surface area contributed by atoms with E-state index >= 15 is 0 Å². The molecule has 25 heavy (non-hydrogen) atoms. The summed E-state index contributed by atoms with van der Waals surface area (Å²) in [6, 6.07) is 4.09. The predicted octanol–water partition coefficient (Wildman–Crippen LogP) is 1.34. The lowest BCUT2D eigenvalue weighted by Gasteiger charge is -2.48. The van der Waals surface area contributed by atoms with E-state index in [1.165, 1.54) is 12.6 Å². The lowest BCUT2D eigenvalue weighted by atomic mass is 9.89. The Morgan fingerprint density at radius 2 is 2.28 bits per heavy atom. The molecule has 128 valence electrons. The van der Waals surface area contributed by atoms with Gasteiger partial charge in [-0.15, -0.1) is 0 Å². The number of H-pyrrole nitrogens is 1. The van der Waals surface area contributed by atoms with Crippen LogP contribution in [-0.2, 0) is 15.5 Å². The Kier molecular flexibility index (Phi) is 3.38. The molecule has 0 spiro atoms. The minimum Gasteiger partial charge on any atom is -0.346 e. The number of hydrogen-bond acceptors (Lipinski definition) is 6. The molecule has 0 amide bonds. The Morgan fingerprint density at radius 3 is 3.00 bits per heavy atom. The van der Waals surface area contributed by atoms with E-state index in [2.05, 4.69) is 26.1 Å². The lowest BCUT2D eigenvalue weighted by Crippen LogP contribution is -2.63. The fourth-order valence-electron chi connectivity index (χ4n) is 3.15. The van der Waals surface area contributed by atoms with Gasteiger partial charge in [0.25, 0.3) is 0 Å². The number of hydrogen-bond donors (Lipinski definition) is 2. The van der Waals surface area contributed by atoms with Crippen molar-refractivity contribution in [3.8, 4) is 17.3 Å². The fourth-order valence-corrected chi connectivity index (χ4v) is 4.12. The average molecular weight is 356 g/mol. The van der Waals surface area contributed by atoms with E-state index in [4.69, 9.17) is 4.78 Å². The highest BCUT2D eigenvalue weighted by Crippen LogP contribution is 2.35. The van der Waals surface area contributed by atoms with Gasteiger partial charge in [-0.2, -0.15) is 10.4 Å². The molecule has 0 saturated carbocycles. The molecule has 2 N–H and O–H groups in total. The first-order chi connectivity index (χ1) is 11.9. The molecular weight excluding hydrogens is 340 g/mol. The molecule has 0 aromatic carbocycles. The topological polar surface area (TPSA) is 127 Å². The summed E-state index contributed by atoms with van der Waals surface area (Å²) in [5.41, 5.74) is 1.78. The van der Waals surface area contributed by atoms with Crippen LogP contribution in [-0.4, -0.2) is 52.6 Å². The number of nitrogens with zero attached hydrogens (tertiary/aromatic N) is 6. The van der Waals surface area contributed by atoms with Gasteiger partial charge < -0.3 is 4.98 Å².